The average Bonchev–Trinajstić information content (AvgIpc) is 3.12. The summed E-state index contributed by atoms with van der Waals surface area (Å²) in [6.45, 7) is 5.61. The zero-order chi connectivity index (χ0) is 14.9. The minimum atomic E-state index is -0.546. The second kappa shape index (κ2) is 5.48. The number of carbonyl (C=O) groups excluding carboxylic acids is 1. The SMILES string of the molecule is CCn1nc(C)c([N+](=O)[O-])c1NC(C)C(=O)NC1CC1. The van der Waals surface area contributed by atoms with Crippen molar-refractivity contribution in [1.82, 2.24) is 15.1 Å². The van der Waals surface area contributed by atoms with Gasteiger partial charge >= 0.3 is 5.69 Å². The molecule has 1 aromatic heterocycles. The van der Waals surface area contributed by atoms with E-state index in [1.807, 2.05) is 6.92 Å². The van der Waals surface area contributed by atoms with E-state index in [2.05, 4.69) is 15.7 Å². The highest BCUT2D eigenvalue weighted by molar-refractivity contribution is 5.85. The molecule has 2 rings (SSSR count). The number of aryl methyl sites for hydroxylation is 2. The first-order valence-electron chi connectivity index (χ1n) is 6.72. The van der Waals surface area contributed by atoms with Gasteiger partial charge in [0, 0.05) is 12.6 Å². The Hall–Kier alpha value is -2.12. The topological polar surface area (TPSA) is 102 Å². The molecule has 1 saturated carbocycles. The molecule has 1 atom stereocenters. The van der Waals surface area contributed by atoms with Gasteiger partial charge in [0.05, 0.1) is 4.92 Å². The largest absolute Gasteiger partial charge is 0.353 e. The maximum absolute atomic E-state index is 11.9. The Morgan fingerprint density at radius 2 is 2.25 bits per heavy atom. The van der Waals surface area contributed by atoms with Gasteiger partial charge in [-0.1, -0.05) is 0 Å². The lowest BCUT2D eigenvalue weighted by atomic mass is 10.3. The summed E-state index contributed by atoms with van der Waals surface area (Å²) in [6, 6.07) is -0.282. The van der Waals surface area contributed by atoms with Crippen LogP contribution in [-0.4, -0.2) is 32.7 Å². The zero-order valence-electron chi connectivity index (χ0n) is 11.8. The fourth-order valence-corrected chi connectivity index (χ4v) is 1.99. The van der Waals surface area contributed by atoms with E-state index in [0.29, 0.717) is 12.2 Å². The lowest BCUT2D eigenvalue weighted by Gasteiger charge is -2.15. The second-order valence-corrected chi connectivity index (χ2v) is 5.00. The first-order chi connectivity index (χ1) is 9.43. The fraction of sp³-hybridized carbons (Fsp3) is 0.667. The monoisotopic (exact) mass is 281 g/mol. The zero-order valence-corrected chi connectivity index (χ0v) is 11.8. The molecule has 1 fully saturated rings. The van der Waals surface area contributed by atoms with Crippen LogP contribution >= 0.6 is 0 Å². The fourth-order valence-electron chi connectivity index (χ4n) is 1.99. The number of rotatable bonds is 6. The van der Waals surface area contributed by atoms with Crippen LogP contribution in [0, 0.1) is 17.0 Å². The number of nitro groups is 1. The molecule has 1 unspecified atom stereocenters. The third kappa shape index (κ3) is 2.89. The predicted octanol–water partition coefficient (Wildman–Crippen LogP) is 1.20. The summed E-state index contributed by atoms with van der Waals surface area (Å²) in [5.74, 6) is 0.136. The maximum Gasteiger partial charge on any atom is 0.333 e. The van der Waals surface area contributed by atoms with Crippen molar-refractivity contribution in [2.45, 2.75) is 52.2 Å². The van der Waals surface area contributed by atoms with Gasteiger partial charge in [-0.2, -0.15) is 5.10 Å². The number of aromatic nitrogens is 2. The number of amides is 1. The Morgan fingerprint density at radius 1 is 1.60 bits per heavy atom. The van der Waals surface area contributed by atoms with Crippen molar-refractivity contribution >= 4 is 17.4 Å². The summed E-state index contributed by atoms with van der Waals surface area (Å²) in [5, 5.41) is 21.0. The van der Waals surface area contributed by atoms with Gasteiger partial charge in [0.25, 0.3) is 0 Å². The number of anilines is 1. The van der Waals surface area contributed by atoms with Crippen molar-refractivity contribution in [3.05, 3.63) is 15.8 Å². The van der Waals surface area contributed by atoms with E-state index >= 15 is 0 Å². The summed E-state index contributed by atoms with van der Waals surface area (Å²) in [4.78, 5) is 22.6. The number of nitrogens with zero attached hydrogens (tertiary/aromatic N) is 3. The van der Waals surface area contributed by atoms with Crippen LogP contribution in [0.2, 0.25) is 0 Å². The minimum absolute atomic E-state index is 0.0714. The molecule has 8 heteroatoms. The quantitative estimate of drug-likeness (QED) is 0.602. The maximum atomic E-state index is 11.9. The summed E-state index contributed by atoms with van der Waals surface area (Å²) in [6.07, 6.45) is 2.01. The van der Waals surface area contributed by atoms with Crippen molar-refractivity contribution < 1.29 is 9.72 Å². The normalized spacial score (nSPS) is 15.8. The van der Waals surface area contributed by atoms with Crippen LogP contribution in [0.5, 0.6) is 0 Å². The lowest BCUT2D eigenvalue weighted by molar-refractivity contribution is -0.384. The molecule has 8 nitrogen and oxygen atoms in total. The average molecular weight is 281 g/mol. The molecule has 110 valence electrons. The third-order valence-corrected chi connectivity index (χ3v) is 3.25. The van der Waals surface area contributed by atoms with Crippen molar-refractivity contribution in [1.29, 1.82) is 0 Å². The summed E-state index contributed by atoms with van der Waals surface area (Å²) in [5.41, 5.74) is 0.270. The van der Waals surface area contributed by atoms with E-state index in [9.17, 15) is 14.9 Å². The molecule has 0 aliphatic heterocycles. The Labute approximate surface area is 116 Å². The highest BCUT2D eigenvalue weighted by Gasteiger charge is 2.29. The molecule has 1 aliphatic rings. The Balaban J connectivity index is 2.18. The number of hydrogen-bond donors (Lipinski definition) is 2. The molecule has 1 aliphatic carbocycles. The number of hydrogen-bond acceptors (Lipinski definition) is 5. The molecule has 0 spiro atoms. The third-order valence-electron chi connectivity index (χ3n) is 3.25. The summed E-state index contributed by atoms with van der Waals surface area (Å²) < 4.78 is 1.51. The van der Waals surface area contributed by atoms with Crippen molar-refractivity contribution in [3.8, 4) is 0 Å². The van der Waals surface area contributed by atoms with Gasteiger partial charge in [-0.3, -0.25) is 14.9 Å². The van der Waals surface area contributed by atoms with Crippen molar-refractivity contribution in [2.24, 2.45) is 0 Å². The van der Waals surface area contributed by atoms with Crippen LogP contribution in [-0.2, 0) is 11.3 Å². The van der Waals surface area contributed by atoms with E-state index < -0.39 is 11.0 Å². The van der Waals surface area contributed by atoms with E-state index in [1.54, 1.807) is 13.8 Å². The minimum Gasteiger partial charge on any atom is -0.353 e. The van der Waals surface area contributed by atoms with Crippen molar-refractivity contribution in [3.63, 3.8) is 0 Å². The van der Waals surface area contributed by atoms with E-state index in [0.717, 1.165) is 12.8 Å². The molecule has 0 saturated heterocycles. The predicted molar refractivity (Wildman–Crippen MR) is 73.5 cm³/mol. The molecule has 1 heterocycles. The first kappa shape index (κ1) is 14.3. The van der Waals surface area contributed by atoms with Gasteiger partial charge < -0.3 is 10.6 Å². The standard InChI is InChI=1S/C12H19N5O3/c1-4-16-11(10(17(19)20)7(2)15-16)13-8(3)12(18)14-9-5-6-9/h8-9,13H,4-6H2,1-3H3,(H,14,18). The van der Waals surface area contributed by atoms with Crippen LogP contribution in [0.3, 0.4) is 0 Å². The van der Waals surface area contributed by atoms with Crippen LogP contribution in [0.15, 0.2) is 0 Å². The van der Waals surface area contributed by atoms with Crippen LogP contribution in [0.25, 0.3) is 0 Å². The van der Waals surface area contributed by atoms with Crippen LogP contribution in [0.1, 0.15) is 32.4 Å². The van der Waals surface area contributed by atoms with Crippen molar-refractivity contribution in [2.75, 3.05) is 5.32 Å². The van der Waals surface area contributed by atoms with Gasteiger partial charge in [0.15, 0.2) is 0 Å². The van der Waals surface area contributed by atoms with Crippen LogP contribution in [0.4, 0.5) is 11.5 Å². The Kier molecular flexibility index (Phi) is 3.91. The molecular formula is C12H19N5O3. The van der Waals surface area contributed by atoms with Gasteiger partial charge in [0.1, 0.15) is 11.7 Å². The molecule has 1 amide bonds. The summed E-state index contributed by atoms with van der Waals surface area (Å²) >= 11 is 0. The van der Waals surface area contributed by atoms with E-state index in [1.165, 1.54) is 4.68 Å². The van der Waals surface area contributed by atoms with Gasteiger partial charge in [-0.15, -0.1) is 0 Å². The molecule has 2 N–H and O–H groups in total. The first-order valence-corrected chi connectivity index (χ1v) is 6.72. The van der Waals surface area contributed by atoms with E-state index in [-0.39, 0.29) is 23.5 Å². The molecule has 20 heavy (non-hydrogen) atoms. The highest BCUT2D eigenvalue weighted by Crippen LogP contribution is 2.28. The molecule has 0 aromatic carbocycles. The Morgan fingerprint density at radius 3 is 2.75 bits per heavy atom. The number of nitrogens with one attached hydrogen (secondary N) is 2. The van der Waals surface area contributed by atoms with Gasteiger partial charge in [-0.05, 0) is 33.6 Å². The van der Waals surface area contributed by atoms with Crippen LogP contribution < -0.4 is 10.6 Å². The molecule has 1 aromatic rings. The molecule has 0 radical (unpaired) electrons. The Bertz CT molecular complexity index is 535. The lowest BCUT2D eigenvalue weighted by Crippen LogP contribution is -2.39. The molecule has 0 bridgehead atoms. The van der Waals surface area contributed by atoms with Gasteiger partial charge in [0.2, 0.25) is 11.7 Å². The van der Waals surface area contributed by atoms with E-state index in [4.69, 9.17) is 0 Å². The smallest absolute Gasteiger partial charge is 0.333 e. The number of carbonyl (C=O) groups is 1. The summed E-state index contributed by atoms with van der Waals surface area (Å²) in [7, 11) is 0. The van der Waals surface area contributed by atoms with Gasteiger partial charge in [-0.25, -0.2) is 4.68 Å². The highest BCUT2D eigenvalue weighted by atomic mass is 16.6. The second-order valence-electron chi connectivity index (χ2n) is 5.00. The molecular weight excluding hydrogens is 262 g/mol.